The van der Waals surface area contributed by atoms with Crippen molar-refractivity contribution in [1.82, 2.24) is 9.97 Å². The van der Waals surface area contributed by atoms with Crippen molar-refractivity contribution in [1.29, 1.82) is 0 Å². The van der Waals surface area contributed by atoms with Gasteiger partial charge < -0.3 is 5.73 Å². The zero-order chi connectivity index (χ0) is 14.5. The maximum absolute atomic E-state index is 6.22. The van der Waals surface area contributed by atoms with Crippen LogP contribution in [0.5, 0.6) is 0 Å². The van der Waals surface area contributed by atoms with Crippen molar-refractivity contribution in [3.8, 4) is 11.3 Å². The van der Waals surface area contributed by atoms with Crippen molar-refractivity contribution in [3.63, 3.8) is 0 Å². The Labute approximate surface area is 128 Å². The number of nitrogens with two attached hydrogens (primary N) is 1. The van der Waals surface area contributed by atoms with E-state index in [1.54, 1.807) is 17.5 Å². The molecule has 3 aromatic rings. The highest BCUT2D eigenvalue weighted by Gasteiger charge is 2.10. The lowest BCUT2D eigenvalue weighted by molar-refractivity contribution is 0.661. The first-order valence-corrected chi connectivity index (χ1v) is 7.83. The van der Waals surface area contributed by atoms with Gasteiger partial charge >= 0.3 is 0 Å². The number of hydrogen-bond donors (Lipinski definition) is 1. The molecule has 2 N–H and O–H groups in total. The smallest absolute Gasteiger partial charge is 0.0948 e. The van der Waals surface area contributed by atoms with Crippen molar-refractivity contribution in [2.75, 3.05) is 0 Å². The van der Waals surface area contributed by atoms with Crippen LogP contribution in [0.25, 0.3) is 11.3 Å². The number of benzene rings is 1. The number of rotatable bonds is 5. The van der Waals surface area contributed by atoms with Gasteiger partial charge in [-0.3, -0.25) is 4.98 Å². The lowest BCUT2D eigenvalue weighted by Crippen LogP contribution is -2.25. The molecule has 2 aromatic heterocycles. The summed E-state index contributed by atoms with van der Waals surface area (Å²) >= 11 is 1.68. The third kappa shape index (κ3) is 3.74. The fourth-order valence-electron chi connectivity index (χ4n) is 2.26. The minimum absolute atomic E-state index is 0.0731. The predicted octanol–water partition coefficient (Wildman–Crippen LogP) is 3.32. The molecule has 0 radical (unpaired) electrons. The third-order valence-electron chi connectivity index (χ3n) is 3.28. The lowest BCUT2D eigenvalue weighted by Gasteiger charge is -2.09. The van der Waals surface area contributed by atoms with Crippen LogP contribution in [0.2, 0.25) is 0 Å². The number of aromatic nitrogens is 2. The maximum atomic E-state index is 6.22. The first-order valence-electron chi connectivity index (χ1n) is 6.95. The summed E-state index contributed by atoms with van der Waals surface area (Å²) < 4.78 is 0. The van der Waals surface area contributed by atoms with E-state index in [-0.39, 0.29) is 6.04 Å². The van der Waals surface area contributed by atoms with Gasteiger partial charge in [-0.2, -0.15) is 0 Å². The van der Waals surface area contributed by atoms with Gasteiger partial charge in [-0.1, -0.05) is 36.4 Å². The van der Waals surface area contributed by atoms with Crippen LogP contribution >= 0.6 is 11.3 Å². The minimum Gasteiger partial charge on any atom is -0.327 e. The van der Waals surface area contributed by atoms with E-state index < -0.39 is 0 Å². The van der Waals surface area contributed by atoms with E-state index in [2.05, 4.69) is 33.5 Å². The van der Waals surface area contributed by atoms with Crippen LogP contribution in [0, 0.1) is 0 Å². The highest BCUT2D eigenvalue weighted by Crippen LogP contribution is 2.22. The average molecular weight is 295 g/mol. The molecule has 2 heterocycles. The summed E-state index contributed by atoms with van der Waals surface area (Å²) in [5.41, 5.74) is 9.58. The van der Waals surface area contributed by atoms with E-state index >= 15 is 0 Å². The van der Waals surface area contributed by atoms with Gasteiger partial charge in [0.25, 0.3) is 0 Å². The van der Waals surface area contributed by atoms with Gasteiger partial charge in [-0.15, -0.1) is 11.3 Å². The molecule has 21 heavy (non-hydrogen) atoms. The summed E-state index contributed by atoms with van der Waals surface area (Å²) in [4.78, 5) is 8.80. The lowest BCUT2D eigenvalue weighted by atomic mass is 10.1. The van der Waals surface area contributed by atoms with Gasteiger partial charge in [0.15, 0.2) is 0 Å². The Balaban J connectivity index is 1.65. The topological polar surface area (TPSA) is 51.8 Å². The van der Waals surface area contributed by atoms with Gasteiger partial charge in [0.1, 0.15) is 0 Å². The molecule has 0 bridgehead atoms. The summed E-state index contributed by atoms with van der Waals surface area (Å²) in [6.45, 7) is 0. The second-order valence-corrected chi connectivity index (χ2v) is 5.96. The average Bonchev–Trinajstić information content (AvgIpc) is 2.97. The van der Waals surface area contributed by atoms with E-state index in [9.17, 15) is 0 Å². The van der Waals surface area contributed by atoms with E-state index in [0.29, 0.717) is 0 Å². The molecule has 1 aromatic carbocycles. The molecule has 1 atom stereocenters. The summed E-state index contributed by atoms with van der Waals surface area (Å²) in [6, 6.07) is 14.3. The SMILES string of the molecule is NC(Cc1cccnc1)Cc1nc(-c2ccccc2)cs1. The van der Waals surface area contributed by atoms with Gasteiger partial charge in [0, 0.05) is 35.8 Å². The minimum atomic E-state index is 0.0731. The normalized spacial score (nSPS) is 12.2. The molecule has 3 rings (SSSR count). The van der Waals surface area contributed by atoms with Crippen LogP contribution in [0.3, 0.4) is 0 Å². The summed E-state index contributed by atoms with van der Waals surface area (Å²) in [5, 5.41) is 3.19. The van der Waals surface area contributed by atoms with Crippen LogP contribution in [-0.2, 0) is 12.8 Å². The number of thiazole rings is 1. The maximum Gasteiger partial charge on any atom is 0.0948 e. The van der Waals surface area contributed by atoms with Crippen molar-refractivity contribution in [2.24, 2.45) is 5.73 Å². The zero-order valence-electron chi connectivity index (χ0n) is 11.6. The Morgan fingerprint density at radius 3 is 2.67 bits per heavy atom. The Morgan fingerprint density at radius 2 is 1.90 bits per heavy atom. The fourth-order valence-corrected chi connectivity index (χ4v) is 3.16. The zero-order valence-corrected chi connectivity index (χ0v) is 12.5. The molecule has 0 spiro atoms. The number of pyridine rings is 1. The molecule has 3 nitrogen and oxygen atoms in total. The van der Waals surface area contributed by atoms with Gasteiger partial charge in [0.2, 0.25) is 0 Å². The van der Waals surface area contributed by atoms with E-state index in [4.69, 9.17) is 5.73 Å². The predicted molar refractivity (Wildman–Crippen MR) is 87.2 cm³/mol. The molecule has 0 aliphatic rings. The molecule has 0 amide bonds. The van der Waals surface area contributed by atoms with Crippen molar-refractivity contribution < 1.29 is 0 Å². The first kappa shape index (κ1) is 13.9. The highest BCUT2D eigenvalue weighted by molar-refractivity contribution is 7.09. The van der Waals surface area contributed by atoms with Gasteiger partial charge in [-0.25, -0.2) is 4.98 Å². The Morgan fingerprint density at radius 1 is 1.05 bits per heavy atom. The number of nitrogens with zero attached hydrogens (tertiary/aromatic N) is 2. The second kappa shape index (κ2) is 6.61. The standard InChI is InChI=1S/C17H17N3S/c18-15(9-13-5-4-8-19-11-13)10-17-20-16(12-21-17)14-6-2-1-3-7-14/h1-8,11-12,15H,9-10,18H2. The quantitative estimate of drug-likeness (QED) is 0.785. The molecule has 4 heteroatoms. The highest BCUT2D eigenvalue weighted by atomic mass is 32.1. The third-order valence-corrected chi connectivity index (χ3v) is 4.15. The van der Waals surface area contributed by atoms with E-state index in [1.165, 1.54) is 5.56 Å². The molecule has 0 aliphatic carbocycles. The van der Waals surface area contributed by atoms with Gasteiger partial charge in [0.05, 0.1) is 10.7 Å². The van der Waals surface area contributed by atoms with Crippen LogP contribution < -0.4 is 5.73 Å². The molecule has 0 saturated carbocycles. The monoisotopic (exact) mass is 295 g/mol. The Hall–Kier alpha value is -2.04. The van der Waals surface area contributed by atoms with Crippen LogP contribution in [0.4, 0.5) is 0 Å². The Kier molecular flexibility index (Phi) is 4.38. The summed E-state index contributed by atoms with van der Waals surface area (Å²) in [6.07, 6.45) is 5.28. The largest absolute Gasteiger partial charge is 0.327 e. The van der Waals surface area contributed by atoms with Crippen LogP contribution in [0.1, 0.15) is 10.6 Å². The number of hydrogen-bond acceptors (Lipinski definition) is 4. The molecule has 0 fully saturated rings. The first-order chi connectivity index (χ1) is 10.3. The second-order valence-electron chi connectivity index (χ2n) is 5.02. The molecule has 106 valence electrons. The van der Waals surface area contributed by atoms with Gasteiger partial charge in [-0.05, 0) is 18.1 Å². The molecule has 0 saturated heterocycles. The molecular formula is C17H17N3S. The van der Waals surface area contributed by atoms with Crippen molar-refractivity contribution in [2.45, 2.75) is 18.9 Å². The van der Waals surface area contributed by atoms with Crippen molar-refractivity contribution in [3.05, 3.63) is 70.8 Å². The van der Waals surface area contributed by atoms with E-state index in [1.807, 2.05) is 30.5 Å². The van der Waals surface area contributed by atoms with E-state index in [0.717, 1.165) is 29.1 Å². The summed E-state index contributed by atoms with van der Waals surface area (Å²) in [7, 11) is 0. The fraction of sp³-hybridized carbons (Fsp3) is 0.176. The summed E-state index contributed by atoms with van der Waals surface area (Å²) in [5.74, 6) is 0. The molecular weight excluding hydrogens is 278 g/mol. The molecule has 0 aliphatic heterocycles. The Bertz CT molecular complexity index is 680. The van der Waals surface area contributed by atoms with Crippen molar-refractivity contribution >= 4 is 11.3 Å². The van der Waals surface area contributed by atoms with Crippen LogP contribution in [0.15, 0.2) is 60.2 Å². The van der Waals surface area contributed by atoms with Crippen LogP contribution in [-0.4, -0.2) is 16.0 Å². The molecule has 1 unspecified atom stereocenters.